The number of aliphatic hydroxyl groups excluding tert-OH is 1. The number of nitrogens with one attached hydrogen (secondary N) is 1. The molecule has 2 amide bonds. The van der Waals surface area contributed by atoms with Gasteiger partial charge in [-0.15, -0.1) is 0 Å². The highest BCUT2D eigenvalue weighted by Gasteiger charge is 2.70. The molecular weight excluding hydrogens is 502 g/mol. The maximum atomic E-state index is 13.8. The fraction of sp³-hybridized carbons (Fsp3) is 0.533. The van der Waals surface area contributed by atoms with Crippen LogP contribution in [0, 0.1) is 5.41 Å². The number of hydrogen-bond acceptors (Lipinski definition) is 5. The Hall–Kier alpha value is -3.04. The minimum absolute atomic E-state index is 0.0657. The van der Waals surface area contributed by atoms with E-state index in [-0.39, 0.29) is 30.8 Å². The van der Waals surface area contributed by atoms with Gasteiger partial charge >= 0.3 is 0 Å². The molecule has 0 bridgehead atoms. The number of likely N-dealkylation sites (N-methyl/N-ethyl adjacent to an activating group) is 1. The van der Waals surface area contributed by atoms with Gasteiger partial charge in [0.2, 0.25) is 0 Å². The van der Waals surface area contributed by atoms with Crippen molar-refractivity contribution >= 4 is 17.5 Å². The first-order valence-electron chi connectivity index (χ1n) is 14.0. The molecule has 2 fully saturated rings. The zero-order chi connectivity index (χ0) is 27.4. The predicted octanol–water partition coefficient (Wildman–Crippen LogP) is 3.31. The molecule has 9 heteroatoms. The predicted molar refractivity (Wildman–Crippen MR) is 144 cm³/mol. The van der Waals surface area contributed by atoms with Gasteiger partial charge in [-0.3, -0.25) is 9.59 Å². The molecule has 3 aliphatic heterocycles. The summed E-state index contributed by atoms with van der Waals surface area (Å²) in [5.74, 6) is -2.93. The fourth-order valence-electron chi connectivity index (χ4n) is 6.59. The van der Waals surface area contributed by atoms with Gasteiger partial charge < -0.3 is 25.1 Å². The van der Waals surface area contributed by atoms with Crippen LogP contribution >= 0.6 is 0 Å². The molecule has 3 heterocycles. The average molecular weight is 539 g/mol. The summed E-state index contributed by atoms with van der Waals surface area (Å²) in [6, 6.07) is 13.2. The Morgan fingerprint density at radius 2 is 1.77 bits per heavy atom. The second-order valence-electron chi connectivity index (χ2n) is 11.5. The topological polar surface area (TPSA) is 76.1 Å². The van der Waals surface area contributed by atoms with Crippen LogP contribution in [-0.4, -0.2) is 84.1 Å². The zero-order valence-electron chi connectivity index (χ0n) is 22.3. The summed E-state index contributed by atoms with van der Waals surface area (Å²) >= 11 is 0. The van der Waals surface area contributed by atoms with E-state index in [1.807, 2.05) is 19.1 Å². The number of carbonyl (C=O) groups is 2. The molecule has 2 aromatic carbocycles. The van der Waals surface area contributed by atoms with Crippen LogP contribution in [0.2, 0.25) is 0 Å². The van der Waals surface area contributed by atoms with Crippen LogP contribution in [0.3, 0.4) is 0 Å². The number of aliphatic hydroxyl groups is 1. The molecule has 1 aliphatic carbocycles. The van der Waals surface area contributed by atoms with E-state index < -0.39 is 17.4 Å². The molecule has 0 aromatic heterocycles. The number of carbonyl (C=O) groups excluding carboxylic acids is 2. The SMILES string of the molecule is CCN1CCN(CC(O)[C@@H]2Cc3ccccc3CN2)C(=O)c2ccc(C(=O)N3CCC4(CC3)CC4(F)F)cc21. The number of likely N-dealkylation sites (tertiary alicyclic amines) is 1. The summed E-state index contributed by atoms with van der Waals surface area (Å²) in [7, 11) is 0. The smallest absolute Gasteiger partial charge is 0.256 e. The number of nitrogens with zero attached hydrogens (tertiary/aromatic N) is 3. The van der Waals surface area contributed by atoms with Crippen molar-refractivity contribution in [3.05, 3.63) is 64.7 Å². The summed E-state index contributed by atoms with van der Waals surface area (Å²) in [6.45, 7) is 5.29. The molecule has 0 radical (unpaired) electrons. The largest absolute Gasteiger partial charge is 0.390 e. The van der Waals surface area contributed by atoms with Crippen LogP contribution in [0.5, 0.6) is 0 Å². The molecule has 4 aliphatic rings. The van der Waals surface area contributed by atoms with Crippen molar-refractivity contribution in [1.29, 1.82) is 0 Å². The van der Waals surface area contributed by atoms with Gasteiger partial charge in [0.05, 0.1) is 17.4 Å². The first kappa shape index (κ1) is 26.2. The molecular formula is C30H36F2N4O3. The van der Waals surface area contributed by atoms with Crippen LogP contribution < -0.4 is 10.2 Å². The first-order valence-corrected chi connectivity index (χ1v) is 14.0. The Labute approximate surface area is 227 Å². The number of benzene rings is 2. The minimum Gasteiger partial charge on any atom is -0.390 e. The first-order chi connectivity index (χ1) is 18.7. The van der Waals surface area contributed by atoms with Gasteiger partial charge in [-0.25, -0.2) is 8.78 Å². The van der Waals surface area contributed by atoms with E-state index in [1.165, 1.54) is 11.1 Å². The van der Waals surface area contributed by atoms with Gasteiger partial charge in [-0.1, -0.05) is 24.3 Å². The summed E-state index contributed by atoms with van der Waals surface area (Å²) in [6.07, 6.45) is 0.576. The zero-order valence-corrected chi connectivity index (χ0v) is 22.3. The molecule has 2 atom stereocenters. The Kier molecular flexibility index (Phi) is 6.62. The van der Waals surface area contributed by atoms with Crippen LogP contribution in [0.25, 0.3) is 0 Å². The van der Waals surface area contributed by atoms with E-state index in [0.717, 1.165) is 0 Å². The van der Waals surface area contributed by atoms with E-state index in [1.54, 1.807) is 28.0 Å². The van der Waals surface area contributed by atoms with Crippen molar-refractivity contribution in [2.75, 3.05) is 44.2 Å². The Morgan fingerprint density at radius 3 is 2.46 bits per heavy atom. The maximum absolute atomic E-state index is 13.8. The average Bonchev–Trinajstić information content (AvgIpc) is 3.53. The van der Waals surface area contributed by atoms with Crippen LogP contribution in [0.1, 0.15) is 58.0 Å². The Bertz CT molecular complexity index is 1280. The number of halogens is 2. The molecule has 208 valence electrons. The van der Waals surface area contributed by atoms with Crippen molar-refractivity contribution in [1.82, 2.24) is 15.1 Å². The number of hydrogen-bond donors (Lipinski definition) is 2. The number of piperidine rings is 1. The molecule has 2 aromatic rings. The van der Waals surface area contributed by atoms with Crippen molar-refractivity contribution < 1.29 is 23.5 Å². The lowest BCUT2D eigenvalue weighted by Gasteiger charge is -2.33. The quantitative estimate of drug-likeness (QED) is 0.611. The highest BCUT2D eigenvalue weighted by atomic mass is 19.3. The highest BCUT2D eigenvalue weighted by molar-refractivity contribution is 6.03. The molecule has 6 rings (SSSR count). The standard InChI is InChI=1S/C30H36F2N4O3/c1-2-34-13-14-36(18-26(37)24-15-20-5-3-4-6-22(20)17-33-24)28(39)23-8-7-21(16-25(23)34)27(38)35-11-9-29(10-12-35)19-30(29,31)32/h3-8,16,24,26,33,37H,2,9-15,17-19H2,1H3/t24-,26?/m0/s1. The molecule has 7 nitrogen and oxygen atoms in total. The van der Waals surface area contributed by atoms with E-state index in [9.17, 15) is 23.5 Å². The number of amides is 2. The molecule has 2 N–H and O–H groups in total. The summed E-state index contributed by atoms with van der Waals surface area (Å²) in [5, 5.41) is 14.5. The maximum Gasteiger partial charge on any atom is 0.256 e. The highest BCUT2D eigenvalue weighted by Crippen LogP contribution is 2.65. The van der Waals surface area contributed by atoms with Gasteiger partial charge in [0.25, 0.3) is 17.7 Å². The Morgan fingerprint density at radius 1 is 1.08 bits per heavy atom. The van der Waals surface area contributed by atoms with Crippen molar-refractivity contribution in [3.63, 3.8) is 0 Å². The summed E-state index contributed by atoms with van der Waals surface area (Å²) < 4.78 is 27.6. The minimum atomic E-state index is -2.59. The third-order valence-corrected chi connectivity index (χ3v) is 9.33. The van der Waals surface area contributed by atoms with Crippen LogP contribution in [0.4, 0.5) is 14.5 Å². The number of β-amino-alcohol motifs (C(OH)–C–C–N with tert-alkyl or cyclic N) is 1. The second kappa shape index (κ2) is 9.86. The summed E-state index contributed by atoms with van der Waals surface area (Å²) in [5.41, 5.74) is 3.23. The van der Waals surface area contributed by atoms with E-state index in [4.69, 9.17) is 0 Å². The van der Waals surface area contributed by atoms with Gasteiger partial charge in [-0.05, 0) is 55.5 Å². The molecule has 1 spiro atoms. The van der Waals surface area contributed by atoms with Crippen LogP contribution in [0.15, 0.2) is 42.5 Å². The molecule has 39 heavy (non-hydrogen) atoms. The normalized spacial score (nSPS) is 24.2. The van der Waals surface area contributed by atoms with Gasteiger partial charge in [0.15, 0.2) is 0 Å². The molecule has 1 saturated carbocycles. The molecule has 1 saturated heterocycles. The number of alkyl halides is 2. The van der Waals surface area contributed by atoms with Crippen molar-refractivity contribution in [3.8, 4) is 0 Å². The van der Waals surface area contributed by atoms with Crippen molar-refractivity contribution in [2.24, 2.45) is 5.41 Å². The number of anilines is 1. The van der Waals surface area contributed by atoms with Gasteiger partial charge in [0.1, 0.15) is 0 Å². The van der Waals surface area contributed by atoms with E-state index in [0.29, 0.717) is 75.3 Å². The number of rotatable bonds is 5. The number of fused-ring (bicyclic) bond motifs is 2. The van der Waals surface area contributed by atoms with E-state index in [2.05, 4.69) is 22.3 Å². The van der Waals surface area contributed by atoms with Gasteiger partial charge in [0, 0.05) is 69.3 Å². The lowest BCUT2D eigenvalue weighted by Crippen LogP contribution is -2.50. The lowest BCUT2D eigenvalue weighted by molar-refractivity contribution is 0.0284. The lowest BCUT2D eigenvalue weighted by atomic mass is 9.92. The third-order valence-electron chi connectivity index (χ3n) is 9.33. The second-order valence-corrected chi connectivity index (χ2v) is 11.5. The monoisotopic (exact) mass is 538 g/mol. The van der Waals surface area contributed by atoms with Crippen LogP contribution in [-0.2, 0) is 13.0 Å². The van der Waals surface area contributed by atoms with Crippen molar-refractivity contribution in [2.45, 2.75) is 57.2 Å². The summed E-state index contributed by atoms with van der Waals surface area (Å²) in [4.78, 5) is 32.4. The molecule has 1 unspecified atom stereocenters. The van der Waals surface area contributed by atoms with Gasteiger partial charge in [-0.2, -0.15) is 0 Å². The third kappa shape index (κ3) is 4.69. The Balaban J connectivity index is 1.16. The fourth-order valence-corrected chi connectivity index (χ4v) is 6.59. The van der Waals surface area contributed by atoms with E-state index >= 15 is 0 Å².